The highest BCUT2D eigenvalue weighted by Gasteiger charge is 2.50. The van der Waals surface area contributed by atoms with Crippen molar-refractivity contribution in [3.63, 3.8) is 0 Å². The van der Waals surface area contributed by atoms with Crippen LogP contribution in [0.2, 0.25) is 0 Å². The fourth-order valence-corrected chi connectivity index (χ4v) is 4.86. The Hall–Kier alpha value is -2.53. The second kappa shape index (κ2) is 9.95. The SMILES string of the molecule is CCC(C)(C)C(=O)C(=O)N1CCCC[C@]1(CC(c1ccccc1)c1ccccc1)C(O)=S. The average molecular weight is 452 g/mol. The summed E-state index contributed by atoms with van der Waals surface area (Å²) in [4.78, 5) is 28.2. The highest BCUT2D eigenvalue weighted by atomic mass is 32.1. The van der Waals surface area contributed by atoms with Crippen molar-refractivity contribution in [2.45, 2.75) is 64.3 Å². The summed E-state index contributed by atoms with van der Waals surface area (Å²) in [6.07, 6.45) is 3.17. The lowest BCUT2D eigenvalue weighted by atomic mass is 9.74. The van der Waals surface area contributed by atoms with Gasteiger partial charge in [0.25, 0.3) is 5.91 Å². The number of likely N-dealkylation sites (tertiary alicyclic amines) is 1. The van der Waals surface area contributed by atoms with Gasteiger partial charge in [-0.2, -0.15) is 0 Å². The molecule has 0 radical (unpaired) electrons. The first-order valence-electron chi connectivity index (χ1n) is 11.4. The molecule has 5 heteroatoms. The predicted molar refractivity (Wildman–Crippen MR) is 132 cm³/mol. The summed E-state index contributed by atoms with van der Waals surface area (Å²) in [6.45, 7) is 5.92. The molecule has 1 aliphatic rings. The molecule has 0 bridgehead atoms. The van der Waals surface area contributed by atoms with Crippen LogP contribution < -0.4 is 0 Å². The maximum Gasteiger partial charge on any atom is 0.291 e. The van der Waals surface area contributed by atoms with E-state index < -0.39 is 22.6 Å². The smallest absolute Gasteiger partial charge is 0.291 e. The number of nitrogens with zero attached hydrogens (tertiary/aromatic N) is 1. The first-order chi connectivity index (χ1) is 15.2. The zero-order valence-electron chi connectivity index (χ0n) is 19.2. The number of carbonyl (C=O) groups excluding carboxylic acids is 2. The summed E-state index contributed by atoms with van der Waals surface area (Å²) in [5.74, 6) is -1.03. The minimum absolute atomic E-state index is 0.0785. The summed E-state index contributed by atoms with van der Waals surface area (Å²) in [5.41, 5.74) is 0.371. The molecule has 32 heavy (non-hydrogen) atoms. The van der Waals surface area contributed by atoms with E-state index in [1.54, 1.807) is 18.7 Å². The van der Waals surface area contributed by atoms with Gasteiger partial charge >= 0.3 is 0 Å². The molecule has 0 unspecified atom stereocenters. The fourth-order valence-electron chi connectivity index (χ4n) is 4.56. The number of hydrogen-bond acceptors (Lipinski definition) is 3. The van der Waals surface area contributed by atoms with Gasteiger partial charge in [0.2, 0.25) is 5.78 Å². The Morgan fingerprint density at radius 1 is 1.03 bits per heavy atom. The normalized spacial score (nSPS) is 19.1. The maximum atomic E-state index is 13.5. The van der Waals surface area contributed by atoms with Gasteiger partial charge in [-0.3, -0.25) is 9.59 Å². The largest absolute Gasteiger partial charge is 0.500 e. The van der Waals surface area contributed by atoms with E-state index in [0.29, 0.717) is 25.8 Å². The summed E-state index contributed by atoms with van der Waals surface area (Å²) >= 11 is 5.40. The Labute approximate surface area is 196 Å². The van der Waals surface area contributed by atoms with Crippen LogP contribution in [0.5, 0.6) is 0 Å². The summed E-state index contributed by atoms with van der Waals surface area (Å²) in [6, 6.07) is 20.2. The Bertz CT molecular complexity index is 918. The fraction of sp³-hybridized carbons (Fsp3) is 0.444. The molecule has 1 atom stereocenters. The van der Waals surface area contributed by atoms with Crippen LogP contribution in [0.25, 0.3) is 0 Å². The predicted octanol–water partition coefficient (Wildman–Crippen LogP) is 5.85. The number of aliphatic hydroxyl groups excluding tert-OH is 1. The van der Waals surface area contributed by atoms with E-state index in [0.717, 1.165) is 24.0 Å². The molecule has 2 aromatic carbocycles. The Morgan fingerprint density at radius 3 is 2.03 bits per heavy atom. The molecule has 0 aromatic heterocycles. The molecule has 0 spiro atoms. The third kappa shape index (κ3) is 4.78. The third-order valence-corrected chi connectivity index (χ3v) is 7.40. The van der Waals surface area contributed by atoms with Crippen LogP contribution in [0.4, 0.5) is 0 Å². The zero-order chi connectivity index (χ0) is 23.4. The molecule has 2 aromatic rings. The van der Waals surface area contributed by atoms with Gasteiger partial charge in [-0.25, -0.2) is 0 Å². The number of carbonyl (C=O) groups is 2. The van der Waals surface area contributed by atoms with E-state index in [1.165, 1.54) is 0 Å². The molecule has 0 saturated carbocycles. The first kappa shape index (κ1) is 24.1. The van der Waals surface area contributed by atoms with Crippen molar-refractivity contribution >= 4 is 29.0 Å². The highest BCUT2D eigenvalue weighted by molar-refractivity contribution is 7.80. The number of benzene rings is 2. The lowest BCUT2D eigenvalue weighted by Gasteiger charge is -2.47. The summed E-state index contributed by atoms with van der Waals surface area (Å²) in [5, 5.41) is 10.7. The van der Waals surface area contributed by atoms with Crippen molar-refractivity contribution in [1.82, 2.24) is 4.90 Å². The van der Waals surface area contributed by atoms with Gasteiger partial charge in [0.15, 0.2) is 5.05 Å². The molecule has 1 saturated heterocycles. The van der Waals surface area contributed by atoms with Gasteiger partial charge in [-0.15, -0.1) is 0 Å². The molecule has 1 fully saturated rings. The number of hydrogen-bond donors (Lipinski definition) is 1. The van der Waals surface area contributed by atoms with Gasteiger partial charge < -0.3 is 10.0 Å². The standard InChI is InChI=1S/C27H33NO3S/c1-4-26(2,3)23(29)24(30)28-18-12-11-17-27(28,25(31)32)19-22(20-13-7-5-8-14-20)21-15-9-6-10-16-21/h5-10,13-16,22H,4,11-12,17-19H2,1-3H3,(H,31,32)/t27-/m0/s1. The molecule has 1 amide bonds. The molecule has 3 rings (SSSR count). The topological polar surface area (TPSA) is 57.6 Å². The molecule has 0 aliphatic carbocycles. The van der Waals surface area contributed by atoms with E-state index in [2.05, 4.69) is 24.3 Å². The van der Waals surface area contributed by atoms with Gasteiger partial charge in [0, 0.05) is 17.9 Å². The second-order valence-corrected chi connectivity index (χ2v) is 9.78. The number of piperidine rings is 1. The number of aliphatic hydroxyl groups is 1. The van der Waals surface area contributed by atoms with E-state index in [9.17, 15) is 14.7 Å². The number of Topliss-reactive ketones (excluding diaryl/α,β-unsaturated/α-hetero) is 1. The summed E-state index contributed by atoms with van der Waals surface area (Å²) in [7, 11) is 0. The average Bonchev–Trinajstić information content (AvgIpc) is 2.82. The maximum absolute atomic E-state index is 13.5. The Morgan fingerprint density at radius 2 is 1.56 bits per heavy atom. The van der Waals surface area contributed by atoms with Crippen LogP contribution in [-0.2, 0) is 9.59 Å². The Kier molecular flexibility index (Phi) is 7.50. The molecule has 4 nitrogen and oxygen atoms in total. The van der Waals surface area contributed by atoms with Gasteiger partial charge in [0.1, 0.15) is 5.54 Å². The number of amides is 1. The van der Waals surface area contributed by atoms with Crippen LogP contribution in [0.15, 0.2) is 60.7 Å². The van der Waals surface area contributed by atoms with Crippen molar-refractivity contribution in [2.75, 3.05) is 6.54 Å². The number of ketones is 1. The zero-order valence-corrected chi connectivity index (χ0v) is 20.0. The van der Waals surface area contributed by atoms with Gasteiger partial charge in [-0.05, 0) is 55.4 Å². The molecule has 1 aliphatic heterocycles. The van der Waals surface area contributed by atoms with Gasteiger partial charge in [-0.1, -0.05) is 81.4 Å². The van der Waals surface area contributed by atoms with Crippen molar-refractivity contribution in [1.29, 1.82) is 0 Å². The van der Waals surface area contributed by atoms with Crippen LogP contribution in [0, 0.1) is 5.41 Å². The quantitative estimate of drug-likeness (QED) is 0.404. The summed E-state index contributed by atoms with van der Waals surface area (Å²) < 4.78 is 0. The van der Waals surface area contributed by atoms with Crippen LogP contribution in [0.1, 0.15) is 69.9 Å². The van der Waals surface area contributed by atoms with Gasteiger partial charge in [0.05, 0.1) is 0 Å². The third-order valence-electron chi connectivity index (χ3n) is 7.02. The lowest BCUT2D eigenvalue weighted by Crippen LogP contribution is -2.62. The van der Waals surface area contributed by atoms with Crippen molar-refractivity contribution in [3.8, 4) is 0 Å². The minimum Gasteiger partial charge on any atom is -0.500 e. The minimum atomic E-state index is -1.06. The number of rotatable bonds is 8. The Balaban J connectivity index is 2.07. The van der Waals surface area contributed by atoms with E-state index in [-0.39, 0.29) is 11.0 Å². The van der Waals surface area contributed by atoms with Crippen molar-refractivity contribution in [3.05, 3.63) is 71.8 Å². The van der Waals surface area contributed by atoms with Crippen molar-refractivity contribution in [2.24, 2.45) is 5.41 Å². The van der Waals surface area contributed by atoms with E-state index >= 15 is 0 Å². The molecule has 170 valence electrons. The van der Waals surface area contributed by atoms with Crippen LogP contribution in [0.3, 0.4) is 0 Å². The van der Waals surface area contributed by atoms with E-state index in [1.807, 2.05) is 43.3 Å². The first-order valence-corrected chi connectivity index (χ1v) is 11.8. The van der Waals surface area contributed by atoms with Crippen molar-refractivity contribution < 1.29 is 14.7 Å². The second-order valence-electron chi connectivity index (χ2n) is 9.40. The van der Waals surface area contributed by atoms with Crippen LogP contribution in [-0.4, -0.2) is 38.8 Å². The van der Waals surface area contributed by atoms with E-state index in [4.69, 9.17) is 12.2 Å². The van der Waals surface area contributed by atoms with Crippen LogP contribution >= 0.6 is 12.2 Å². The molecule has 1 N–H and O–H groups in total. The molecular formula is C27H33NO3S. The monoisotopic (exact) mass is 451 g/mol. The lowest BCUT2D eigenvalue weighted by molar-refractivity contribution is -0.153. The molecular weight excluding hydrogens is 418 g/mol. The highest BCUT2D eigenvalue weighted by Crippen LogP contribution is 2.41. The number of thiocarbonyl (C=S) groups is 1. The molecule has 1 heterocycles.